The van der Waals surface area contributed by atoms with Crippen molar-refractivity contribution in [3.05, 3.63) is 15.8 Å². The molecule has 1 aliphatic heterocycles. The molecule has 0 bridgehead atoms. The third-order valence-electron chi connectivity index (χ3n) is 3.64. The van der Waals surface area contributed by atoms with E-state index in [2.05, 4.69) is 43.4 Å². The second kappa shape index (κ2) is 4.44. The van der Waals surface area contributed by atoms with E-state index in [-0.39, 0.29) is 0 Å². The standard InChI is InChI=1S/C11H15IN4/c12-10-1-2-11(16-15-10)14-9-3-7-5-13-6-8(7)4-9/h1-2,7-9,13H,3-6H2,(H,14,16)/t7-,8+,9-. The van der Waals surface area contributed by atoms with Crippen LogP contribution in [0.15, 0.2) is 12.1 Å². The summed E-state index contributed by atoms with van der Waals surface area (Å²) in [5.41, 5.74) is 0. The molecule has 16 heavy (non-hydrogen) atoms. The summed E-state index contributed by atoms with van der Waals surface area (Å²) >= 11 is 2.17. The lowest BCUT2D eigenvalue weighted by molar-refractivity contribution is 0.494. The molecule has 1 saturated heterocycles. The summed E-state index contributed by atoms with van der Waals surface area (Å²) in [6, 6.07) is 4.60. The van der Waals surface area contributed by atoms with Gasteiger partial charge in [0, 0.05) is 6.04 Å². The van der Waals surface area contributed by atoms with Gasteiger partial charge in [0.05, 0.1) is 0 Å². The molecule has 86 valence electrons. The maximum Gasteiger partial charge on any atom is 0.148 e. The van der Waals surface area contributed by atoms with E-state index < -0.39 is 0 Å². The highest BCUT2D eigenvalue weighted by Gasteiger charge is 2.37. The number of aromatic nitrogens is 2. The number of fused-ring (bicyclic) bond motifs is 1. The number of nitrogens with zero attached hydrogens (tertiary/aromatic N) is 2. The molecule has 0 amide bonds. The first-order valence-corrected chi connectivity index (χ1v) is 6.85. The number of halogens is 1. The third-order valence-corrected chi connectivity index (χ3v) is 4.21. The Bertz CT molecular complexity index is 355. The van der Waals surface area contributed by atoms with Crippen LogP contribution in [0.3, 0.4) is 0 Å². The Hall–Kier alpha value is -0.430. The van der Waals surface area contributed by atoms with Crippen molar-refractivity contribution in [3.8, 4) is 0 Å². The van der Waals surface area contributed by atoms with Gasteiger partial charge in [-0.05, 0) is 72.5 Å². The normalized spacial score (nSPS) is 32.7. The predicted molar refractivity (Wildman–Crippen MR) is 71.2 cm³/mol. The number of rotatable bonds is 2. The van der Waals surface area contributed by atoms with Gasteiger partial charge in [-0.25, -0.2) is 0 Å². The lowest BCUT2D eigenvalue weighted by Gasteiger charge is -2.13. The summed E-state index contributed by atoms with van der Waals surface area (Å²) < 4.78 is 0.940. The van der Waals surface area contributed by atoms with E-state index in [0.717, 1.165) is 21.4 Å². The molecule has 1 aliphatic carbocycles. The van der Waals surface area contributed by atoms with Gasteiger partial charge in [0.2, 0.25) is 0 Å². The monoisotopic (exact) mass is 330 g/mol. The van der Waals surface area contributed by atoms with Crippen LogP contribution >= 0.6 is 22.6 Å². The Labute approximate surface area is 109 Å². The quantitative estimate of drug-likeness (QED) is 0.807. The third kappa shape index (κ3) is 2.15. The van der Waals surface area contributed by atoms with Crippen molar-refractivity contribution in [1.29, 1.82) is 0 Å². The highest BCUT2D eigenvalue weighted by molar-refractivity contribution is 14.1. The van der Waals surface area contributed by atoms with E-state index in [0.29, 0.717) is 6.04 Å². The Kier molecular flexibility index (Phi) is 2.97. The van der Waals surface area contributed by atoms with Crippen LogP contribution in [0.2, 0.25) is 0 Å². The first-order chi connectivity index (χ1) is 7.81. The van der Waals surface area contributed by atoms with Crippen molar-refractivity contribution in [3.63, 3.8) is 0 Å². The van der Waals surface area contributed by atoms with Crippen molar-refractivity contribution in [2.24, 2.45) is 11.8 Å². The van der Waals surface area contributed by atoms with Gasteiger partial charge in [-0.3, -0.25) is 0 Å². The maximum absolute atomic E-state index is 4.15. The molecule has 2 aliphatic rings. The van der Waals surface area contributed by atoms with Crippen LogP contribution in [0.5, 0.6) is 0 Å². The van der Waals surface area contributed by atoms with Crippen LogP contribution in [0.1, 0.15) is 12.8 Å². The summed E-state index contributed by atoms with van der Waals surface area (Å²) in [7, 11) is 0. The zero-order chi connectivity index (χ0) is 11.0. The maximum atomic E-state index is 4.15. The average molecular weight is 330 g/mol. The fourth-order valence-corrected chi connectivity index (χ4v) is 3.17. The van der Waals surface area contributed by atoms with Crippen molar-refractivity contribution in [2.75, 3.05) is 18.4 Å². The van der Waals surface area contributed by atoms with Gasteiger partial charge in [-0.15, -0.1) is 10.2 Å². The van der Waals surface area contributed by atoms with Crippen LogP contribution < -0.4 is 10.6 Å². The molecule has 4 nitrogen and oxygen atoms in total. The van der Waals surface area contributed by atoms with Crippen molar-refractivity contribution < 1.29 is 0 Å². The largest absolute Gasteiger partial charge is 0.366 e. The zero-order valence-corrected chi connectivity index (χ0v) is 11.1. The van der Waals surface area contributed by atoms with Crippen molar-refractivity contribution in [2.45, 2.75) is 18.9 Å². The lowest BCUT2D eigenvalue weighted by Crippen LogP contribution is -2.21. The van der Waals surface area contributed by atoms with Crippen LogP contribution in [-0.4, -0.2) is 29.3 Å². The number of anilines is 1. The van der Waals surface area contributed by atoms with E-state index >= 15 is 0 Å². The van der Waals surface area contributed by atoms with Gasteiger partial charge in [-0.1, -0.05) is 0 Å². The van der Waals surface area contributed by atoms with Gasteiger partial charge in [0.1, 0.15) is 9.52 Å². The molecule has 0 unspecified atom stereocenters. The SMILES string of the molecule is Ic1ccc(N[C@H]2C[C@H]3CNC[C@H]3C2)nn1. The van der Waals surface area contributed by atoms with E-state index in [1.807, 2.05) is 12.1 Å². The van der Waals surface area contributed by atoms with Crippen LogP contribution in [0.4, 0.5) is 5.82 Å². The fraction of sp³-hybridized carbons (Fsp3) is 0.636. The first-order valence-electron chi connectivity index (χ1n) is 5.78. The Morgan fingerprint density at radius 1 is 1.19 bits per heavy atom. The minimum absolute atomic E-state index is 0.589. The molecule has 0 spiro atoms. The summed E-state index contributed by atoms with van der Waals surface area (Å²) in [6.07, 6.45) is 2.54. The molecule has 3 atom stereocenters. The van der Waals surface area contributed by atoms with Gasteiger partial charge in [-0.2, -0.15) is 0 Å². The highest BCUT2D eigenvalue weighted by Crippen LogP contribution is 2.35. The smallest absolute Gasteiger partial charge is 0.148 e. The number of hydrogen-bond donors (Lipinski definition) is 2. The predicted octanol–water partition coefficient (Wildman–Crippen LogP) is 1.49. The van der Waals surface area contributed by atoms with E-state index in [9.17, 15) is 0 Å². The molecule has 0 radical (unpaired) electrons. The minimum Gasteiger partial charge on any atom is -0.366 e. The molecule has 1 saturated carbocycles. The highest BCUT2D eigenvalue weighted by atomic mass is 127. The molecule has 5 heteroatoms. The van der Waals surface area contributed by atoms with Gasteiger partial charge < -0.3 is 10.6 Å². The molecule has 2 N–H and O–H groups in total. The Morgan fingerprint density at radius 2 is 1.94 bits per heavy atom. The topological polar surface area (TPSA) is 49.8 Å². The van der Waals surface area contributed by atoms with Gasteiger partial charge in [0.25, 0.3) is 0 Å². The van der Waals surface area contributed by atoms with Crippen LogP contribution in [0.25, 0.3) is 0 Å². The molecular formula is C11H15IN4. The number of hydrogen-bond acceptors (Lipinski definition) is 4. The second-order valence-electron chi connectivity index (χ2n) is 4.73. The molecule has 0 aromatic carbocycles. The van der Waals surface area contributed by atoms with Crippen molar-refractivity contribution in [1.82, 2.24) is 15.5 Å². The Morgan fingerprint density at radius 3 is 2.56 bits per heavy atom. The summed E-state index contributed by atoms with van der Waals surface area (Å²) in [5, 5.41) is 15.2. The van der Waals surface area contributed by atoms with Crippen LogP contribution in [-0.2, 0) is 0 Å². The summed E-state index contributed by atoms with van der Waals surface area (Å²) in [6.45, 7) is 2.39. The minimum atomic E-state index is 0.589. The van der Waals surface area contributed by atoms with Gasteiger partial charge >= 0.3 is 0 Å². The molecule has 1 aromatic rings. The first kappa shape index (κ1) is 10.7. The molecule has 1 aromatic heterocycles. The van der Waals surface area contributed by atoms with E-state index in [1.165, 1.54) is 25.9 Å². The Balaban J connectivity index is 1.62. The molecule has 3 rings (SSSR count). The molecule has 2 fully saturated rings. The van der Waals surface area contributed by atoms with Crippen molar-refractivity contribution >= 4 is 28.4 Å². The molecular weight excluding hydrogens is 315 g/mol. The van der Waals surface area contributed by atoms with E-state index in [1.54, 1.807) is 0 Å². The summed E-state index contributed by atoms with van der Waals surface area (Å²) in [4.78, 5) is 0. The average Bonchev–Trinajstić information content (AvgIpc) is 2.81. The van der Waals surface area contributed by atoms with Gasteiger partial charge in [0.15, 0.2) is 0 Å². The number of nitrogens with one attached hydrogen (secondary N) is 2. The second-order valence-corrected chi connectivity index (χ2v) is 5.84. The van der Waals surface area contributed by atoms with E-state index in [4.69, 9.17) is 0 Å². The zero-order valence-electron chi connectivity index (χ0n) is 8.99. The lowest BCUT2D eigenvalue weighted by atomic mass is 10.0. The molecule has 2 heterocycles. The van der Waals surface area contributed by atoms with Crippen LogP contribution in [0, 0.1) is 15.5 Å². The fourth-order valence-electron chi connectivity index (χ4n) is 2.89. The summed E-state index contributed by atoms with van der Waals surface area (Å²) in [5.74, 6) is 2.65.